The summed E-state index contributed by atoms with van der Waals surface area (Å²) in [5, 5.41) is 12.9. The molecule has 2 atom stereocenters. The molecule has 15 heavy (non-hydrogen) atoms. The maximum absolute atomic E-state index is 9.65. The summed E-state index contributed by atoms with van der Waals surface area (Å²) in [6.07, 6.45) is 6.94. The molecule has 0 saturated carbocycles. The Morgan fingerprint density at radius 2 is 2.40 bits per heavy atom. The van der Waals surface area contributed by atoms with E-state index in [2.05, 4.69) is 12.2 Å². The van der Waals surface area contributed by atoms with Crippen molar-refractivity contribution in [3.63, 3.8) is 0 Å². The maximum atomic E-state index is 9.65. The highest BCUT2D eigenvalue weighted by atomic mass is 16.5. The zero-order valence-corrected chi connectivity index (χ0v) is 9.87. The molecule has 0 aromatic rings. The van der Waals surface area contributed by atoms with E-state index in [9.17, 15) is 5.11 Å². The molecule has 0 amide bonds. The maximum Gasteiger partial charge on any atom is 0.0664 e. The highest BCUT2D eigenvalue weighted by Crippen LogP contribution is 2.17. The van der Waals surface area contributed by atoms with Gasteiger partial charge in [0.25, 0.3) is 0 Å². The van der Waals surface area contributed by atoms with Crippen LogP contribution < -0.4 is 5.32 Å². The van der Waals surface area contributed by atoms with Gasteiger partial charge in [0, 0.05) is 13.2 Å². The molecule has 0 bridgehead atoms. The quantitative estimate of drug-likeness (QED) is 0.606. The smallest absolute Gasteiger partial charge is 0.0664 e. The minimum atomic E-state index is -0.182. The average molecular weight is 215 g/mol. The zero-order chi connectivity index (χ0) is 10.9. The minimum Gasteiger partial charge on any atom is -0.392 e. The molecule has 0 aromatic heterocycles. The molecule has 0 aromatic carbocycles. The van der Waals surface area contributed by atoms with Gasteiger partial charge in [-0.3, -0.25) is 0 Å². The van der Waals surface area contributed by atoms with Crippen molar-refractivity contribution in [1.29, 1.82) is 0 Å². The van der Waals surface area contributed by atoms with E-state index in [4.69, 9.17) is 4.74 Å². The first-order valence-corrected chi connectivity index (χ1v) is 6.33. The number of rotatable bonds is 8. The molecule has 1 fully saturated rings. The molecule has 90 valence electrons. The largest absolute Gasteiger partial charge is 0.392 e. The monoisotopic (exact) mass is 215 g/mol. The lowest BCUT2D eigenvalue weighted by Gasteiger charge is -2.13. The van der Waals surface area contributed by atoms with Crippen molar-refractivity contribution in [2.24, 2.45) is 0 Å². The normalized spacial score (nSPS) is 23.2. The minimum absolute atomic E-state index is 0.182. The number of ether oxygens (including phenoxy) is 1. The molecule has 1 aliphatic heterocycles. The second-order valence-corrected chi connectivity index (χ2v) is 4.42. The van der Waals surface area contributed by atoms with Crippen LogP contribution in [0.5, 0.6) is 0 Å². The number of hydrogen-bond acceptors (Lipinski definition) is 3. The Hall–Kier alpha value is -0.120. The van der Waals surface area contributed by atoms with Gasteiger partial charge in [-0.1, -0.05) is 6.92 Å². The number of aliphatic hydroxyl groups is 1. The highest BCUT2D eigenvalue weighted by Gasteiger charge is 2.15. The lowest BCUT2D eigenvalue weighted by atomic mass is 10.1. The van der Waals surface area contributed by atoms with Crippen LogP contribution in [0, 0.1) is 0 Å². The van der Waals surface area contributed by atoms with Crippen LogP contribution in [0.3, 0.4) is 0 Å². The highest BCUT2D eigenvalue weighted by molar-refractivity contribution is 4.67. The lowest BCUT2D eigenvalue weighted by molar-refractivity contribution is 0.0943. The summed E-state index contributed by atoms with van der Waals surface area (Å²) in [5.41, 5.74) is 0. The fourth-order valence-electron chi connectivity index (χ4n) is 2.00. The van der Waals surface area contributed by atoms with Gasteiger partial charge in [-0.15, -0.1) is 0 Å². The van der Waals surface area contributed by atoms with Crippen molar-refractivity contribution < 1.29 is 9.84 Å². The lowest BCUT2D eigenvalue weighted by Crippen LogP contribution is -2.27. The van der Waals surface area contributed by atoms with Crippen molar-refractivity contribution >= 4 is 0 Å². The van der Waals surface area contributed by atoms with Crippen LogP contribution in [0.15, 0.2) is 0 Å². The molecule has 0 spiro atoms. The van der Waals surface area contributed by atoms with Crippen LogP contribution in [0.1, 0.15) is 45.4 Å². The Morgan fingerprint density at radius 3 is 3.07 bits per heavy atom. The van der Waals surface area contributed by atoms with Gasteiger partial charge in [0.15, 0.2) is 0 Å². The van der Waals surface area contributed by atoms with Gasteiger partial charge < -0.3 is 15.2 Å². The summed E-state index contributed by atoms with van der Waals surface area (Å²) in [4.78, 5) is 0. The molecule has 2 N–H and O–H groups in total. The second-order valence-electron chi connectivity index (χ2n) is 4.42. The van der Waals surface area contributed by atoms with E-state index < -0.39 is 0 Å². The van der Waals surface area contributed by atoms with Crippen LogP contribution in [-0.2, 0) is 4.74 Å². The van der Waals surface area contributed by atoms with Crippen LogP contribution >= 0.6 is 0 Å². The van der Waals surface area contributed by atoms with Gasteiger partial charge in [-0.05, 0) is 45.1 Å². The SMILES string of the molecule is CCCNCC(O)CCCC1CCCO1. The molecular formula is C12H25NO2. The standard InChI is InChI=1S/C12H25NO2/c1-2-8-13-10-11(14)5-3-6-12-7-4-9-15-12/h11-14H,2-10H2,1H3. The topological polar surface area (TPSA) is 41.5 Å². The van der Waals surface area contributed by atoms with Gasteiger partial charge >= 0.3 is 0 Å². The van der Waals surface area contributed by atoms with Crippen molar-refractivity contribution in [2.75, 3.05) is 19.7 Å². The van der Waals surface area contributed by atoms with E-state index >= 15 is 0 Å². The molecule has 1 aliphatic rings. The summed E-state index contributed by atoms with van der Waals surface area (Å²) < 4.78 is 5.54. The predicted molar refractivity (Wildman–Crippen MR) is 62.0 cm³/mol. The Bertz CT molecular complexity index is 147. The Kier molecular flexibility index (Phi) is 6.98. The first-order chi connectivity index (χ1) is 7.33. The third kappa shape index (κ3) is 6.13. The van der Waals surface area contributed by atoms with Crippen molar-refractivity contribution in [1.82, 2.24) is 5.32 Å². The van der Waals surface area contributed by atoms with Crippen molar-refractivity contribution in [3.8, 4) is 0 Å². The predicted octanol–water partition coefficient (Wildman–Crippen LogP) is 1.70. The molecule has 1 saturated heterocycles. The Labute approximate surface area is 93.2 Å². The van der Waals surface area contributed by atoms with Gasteiger partial charge in [0.1, 0.15) is 0 Å². The van der Waals surface area contributed by atoms with E-state index in [-0.39, 0.29) is 6.10 Å². The third-order valence-corrected chi connectivity index (χ3v) is 2.89. The van der Waals surface area contributed by atoms with E-state index in [0.717, 1.165) is 45.4 Å². The first kappa shape index (κ1) is 12.9. The summed E-state index contributed by atoms with van der Waals surface area (Å²) in [7, 11) is 0. The Morgan fingerprint density at radius 1 is 1.53 bits per heavy atom. The van der Waals surface area contributed by atoms with Crippen LogP contribution in [0.4, 0.5) is 0 Å². The van der Waals surface area contributed by atoms with Crippen molar-refractivity contribution in [3.05, 3.63) is 0 Å². The van der Waals surface area contributed by atoms with Gasteiger partial charge in [-0.2, -0.15) is 0 Å². The number of nitrogens with one attached hydrogen (secondary N) is 1. The average Bonchev–Trinajstić information content (AvgIpc) is 2.71. The van der Waals surface area contributed by atoms with Crippen molar-refractivity contribution in [2.45, 2.75) is 57.7 Å². The molecule has 3 heteroatoms. The van der Waals surface area contributed by atoms with E-state index in [1.807, 2.05) is 0 Å². The first-order valence-electron chi connectivity index (χ1n) is 6.33. The number of aliphatic hydroxyl groups excluding tert-OH is 1. The second kappa shape index (κ2) is 8.08. The molecule has 0 radical (unpaired) electrons. The third-order valence-electron chi connectivity index (χ3n) is 2.89. The summed E-state index contributed by atoms with van der Waals surface area (Å²) in [6.45, 7) is 4.81. The van der Waals surface area contributed by atoms with Crippen LogP contribution in [0.2, 0.25) is 0 Å². The van der Waals surface area contributed by atoms with E-state index in [1.54, 1.807) is 0 Å². The molecule has 0 aliphatic carbocycles. The van der Waals surface area contributed by atoms with E-state index in [1.165, 1.54) is 12.8 Å². The summed E-state index contributed by atoms with van der Waals surface area (Å²) >= 11 is 0. The summed E-state index contributed by atoms with van der Waals surface area (Å²) in [6, 6.07) is 0. The van der Waals surface area contributed by atoms with Gasteiger partial charge in [-0.25, -0.2) is 0 Å². The Balaban J connectivity index is 1.89. The fraction of sp³-hybridized carbons (Fsp3) is 1.00. The number of hydrogen-bond donors (Lipinski definition) is 2. The fourth-order valence-corrected chi connectivity index (χ4v) is 2.00. The molecule has 2 unspecified atom stereocenters. The molecule has 1 rings (SSSR count). The zero-order valence-electron chi connectivity index (χ0n) is 9.87. The van der Waals surface area contributed by atoms with Crippen LogP contribution in [-0.4, -0.2) is 37.0 Å². The molecular weight excluding hydrogens is 190 g/mol. The molecule has 1 heterocycles. The van der Waals surface area contributed by atoms with Gasteiger partial charge in [0.05, 0.1) is 12.2 Å². The van der Waals surface area contributed by atoms with E-state index in [0.29, 0.717) is 6.10 Å². The van der Waals surface area contributed by atoms with Crippen LogP contribution in [0.25, 0.3) is 0 Å². The summed E-state index contributed by atoms with van der Waals surface area (Å²) in [5.74, 6) is 0. The molecule has 3 nitrogen and oxygen atoms in total. The van der Waals surface area contributed by atoms with Gasteiger partial charge in [0.2, 0.25) is 0 Å².